The Morgan fingerprint density at radius 2 is 2.10 bits per heavy atom. The van der Waals surface area contributed by atoms with Crippen LogP contribution in [-0.2, 0) is 17.8 Å². The van der Waals surface area contributed by atoms with Crippen LogP contribution in [0, 0.1) is 11.3 Å². The van der Waals surface area contributed by atoms with Crippen molar-refractivity contribution in [2.24, 2.45) is 11.3 Å². The number of aryl methyl sites for hydroxylation is 1. The van der Waals surface area contributed by atoms with E-state index >= 15 is 0 Å². The Bertz CT molecular complexity index is 654. The van der Waals surface area contributed by atoms with Gasteiger partial charge in [0.15, 0.2) is 0 Å². The van der Waals surface area contributed by atoms with Gasteiger partial charge < -0.3 is 4.57 Å². The molecule has 1 aliphatic rings. The summed E-state index contributed by atoms with van der Waals surface area (Å²) in [6.45, 7) is 7.43. The molecule has 0 bridgehead atoms. The summed E-state index contributed by atoms with van der Waals surface area (Å²) >= 11 is 0. The van der Waals surface area contributed by atoms with E-state index in [-0.39, 0.29) is 11.3 Å². The van der Waals surface area contributed by atoms with Gasteiger partial charge in [-0.25, -0.2) is 4.98 Å². The third-order valence-electron chi connectivity index (χ3n) is 4.42. The molecule has 3 rings (SSSR count). The van der Waals surface area contributed by atoms with Crippen LogP contribution >= 0.6 is 0 Å². The fraction of sp³-hybridized carbons (Fsp3) is 0.529. The Morgan fingerprint density at radius 3 is 2.75 bits per heavy atom. The van der Waals surface area contributed by atoms with Crippen LogP contribution in [0.5, 0.6) is 0 Å². The summed E-state index contributed by atoms with van der Waals surface area (Å²) in [6, 6.07) is 8.15. The Balaban J connectivity index is 1.90. The number of rotatable bonds is 5. The SMILES string of the molecule is CCCn1c(CC(=O)C2CC2(C)C)nc2ccccc21. The highest BCUT2D eigenvalue weighted by Crippen LogP contribution is 2.52. The summed E-state index contributed by atoms with van der Waals surface area (Å²) in [5.74, 6) is 1.51. The first kappa shape index (κ1) is 13.3. The third kappa shape index (κ3) is 2.26. The molecule has 1 aliphatic carbocycles. The van der Waals surface area contributed by atoms with Gasteiger partial charge in [-0.1, -0.05) is 32.9 Å². The molecule has 1 unspecified atom stereocenters. The first-order valence-corrected chi connectivity index (χ1v) is 7.50. The number of benzene rings is 1. The fourth-order valence-electron chi connectivity index (χ4n) is 3.03. The zero-order valence-corrected chi connectivity index (χ0v) is 12.5. The van der Waals surface area contributed by atoms with E-state index in [4.69, 9.17) is 0 Å². The number of fused-ring (bicyclic) bond motifs is 1. The summed E-state index contributed by atoms with van der Waals surface area (Å²) in [6.07, 6.45) is 2.55. The van der Waals surface area contributed by atoms with E-state index in [0.29, 0.717) is 12.2 Å². The van der Waals surface area contributed by atoms with Crippen LogP contribution in [-0.4, -0.2) is 15.3 Å². The van der Waals surface area contributed by atoms with Crippen molar-refractivity contribution in [3.63, 3.8) is 0 Å². The smallest absolute Gasteiger partial charge is 0.144 e. The lowest BCUT2D eigenvalue weighted by Crippen LogP contribution is -2.13. The van der Waals surface area contributed by atoms with Crippen molar-refractivity contribution in [3.05, 3.63) is 30.1 Å². The standard InChI is InChI=1S/C17H22N2O/c1-4-9-19-14-8-6-5-7-13(14)18-16(19)10-15(20)12-11-17(12,2)3/h5-8,12H,4,9-11H2,1-3H3. The molecule has 0 saturated heterocycles. The average Bonchev–Trinajstić information content (AvgIpc) is 2.92. The molecule has 3 nitrogen and oxygen atoms in total. The molecule has 1 aromatic heterocycles. The quantitative estimate of drug-likeness (QED) is 0.832. The van der Waals surface area contributed by atoms with E-state index in [9.17, 15) is 4.79 Å². The van der Waals surface area contributed by atoms with Crippen molar-refractivity contribution < 1.29 is 4.79 Å². The fourth-order valence-corrected chi connectivity index (χ4v) is 3.03. The molecule has 0 N–H and O–H groups in total. The number of hydrogen-bond acceptors (Lipinski definition) is 2. The summed E-state index contributed by atoms with van der Waals surface area (Å²) in [7, 11) is 0. The number of ketones is 1. The first-order chi connectivity index (χ1) is 9.53. The van der Waals surface area contributed by atoms with Gasteiger partial charge in [0, 0.05) is 12.5 Å². The molecule has 2 aromatic rings. The van der Waals surface area contributed by atoms with Gasteiger partial charge in [0.2, 0.25) is 0 Å². The van der Waals surface area contributed by atoms with Crippen LogP contribution in [0.4, 0.5) is 0 Å². The van der Waals surface area contributed by atoms with E-state index in [0.717, 1.165) is 36.2 Å². The first-order valence-electron chi connectivity index (χ1n) is 7.50. The second-order valence-electron chi connectivity index (χ2n) is 6.56. The van der Waals surface area contributed by atoms with E-state index in [1.807, 2.05) is 18.2 Å². The lowest BCUT2D eigenvalue weighted by molar-refractivity contribution is -0.120. The van der Waals surface area contributed by atoms with Gasteiger partial charge in [-0.2, -0.15) is 0 Å². The largest absolute Gasteiger partial charge is 0.328 e. The van der Waals surface area contributed by atoms with Crippen molar-refractivity contribution in [2.45, 2.75) is 46.6 Å². The van der Waals surface area contributed by atoms with Gasteiger partial charge in [-0.3, -0.25) is 4.79 Å². The van der Waals surface area contributed by atoms with Crippen LogP contribution in [0.2, 0.25) is 0 Å². The number of Topliss-reactive ketones (excluding diaryl/α,β-unsaturated/α-hetero) is 1. The minimum atomic E-state index is 0.207. The van der Waals surface area contributed by atoms with Gasteiger partial charge in [-0.15, -0.1) is 0 Å². The number of aromatic nitrogens is 2. The molecule has 3 heteroatoms. The van der Waals surface area contributed by atoms with Gasteiger partial charge in [0.1, 0.15) is 11.6 Å². The van der Waals surface area contributed by atoms with Crippen LogP contribution in [0.3, 0.4) is 0 Å². The Kier molecular flexibility index (Phi) is 3.15. The number of hydrogen-bond donors (Lipinski definition) is 0. The van der Waals surface area contributed by atoms with Crippen molar-refractivity contribution in [2.75, 3.05) is 0 Å². The zero-order chi connectivity index (χ0) is 14.3. The molecule has 1 atom stereocenters. The van der Waals surface area contributed by atoms with E-state index in [1.165, 1.54) is 0 Å². The number of carbonyl (C=O) groups is 1. The molecule has 20 heavy (non-hydrogen) atoms. The van der Waals surface area contributed by atoms with E-state index in [1.54, 1.807) is 0 Å². The molecule has 1 fully saturated rings. The molecule has 0 spiro atoms. The lowest BCUT2D eigenvalue weighted by atomic mass is 10.1. The highest BCUT2D eigenvalue weighted by Gasteiger charge is 2.50. The molecule has 1 aromatic carbocycles. The van der Waals surface area contributed by atoms with Gasteiger partial charge in [0.05, 0.1) is 17.5 Å². The Morgan fingerprint density at radius 1 is 1.40 bits per heavy atom. The van der Waals surface area contributed by atoms with Crippen molar-refractivity contribution in [3.8, 4) is 0 Å². The molecule has 106 valence electrons. The second-order valence-corrected chi connectivity index (χ2v) is 6.56. The Labute approximate surface area is 120 Å². The second kappa shape index (κ2) is 4.72. The maximum Gasteiger partial charge on any atom is 0.144 e. The van der Waals surface area contributed by atoms with Gasteiger partial charge in [-0.05, 0) is 30.4 Å². The number of imidazole rings is 1. The molecule has 0 amide bonds. The molecular formula is C17H22N2O. The van der Waals surface area contributed by atoms with Crippen molar-refractivity contribution >= 4 is 16.8 Å². The summed E-state index contributed by atoms with van der Waals surface area (Å²) < 4.78 is 2.21. The van der Waals surface area contributed by atoms with Crippen LogP contribution in [0.1, 0.15) is 39.4 Å². The predicted octanol–water partition coefficient (Wildman–Crippen LogP) is 3.60. The zero-order valence-electron chi connectivity index (χ0n) is 12.5. The van der Waals surface area contributed by atoms with Crippen molar-refractivity contribution in [1.82, 2.24) is 9.55 Å². The third-order valence-corrected chi connectivity index (χ3v) is 4.42. The number of para-hydroxylation sites is 2. The summed E-state index contributed by atoms with van der Waals surface area (Å²) in [5.41, 5.74) is 2.35. The number of nitrogens with zero attached hydrogens (tertiary/aromatic N) is 2. The summed E-state index contributed by atoms with van der Waals surface area (Å²) in [5, 5.41) is 0. The van der Waals surface area contributed by atoms with Crippen molar-refractivity contribution in [1.29, 1.82) is 0 Å². The topological polar surface area (TPSA) is 34.9 Å². The molecule has 1 heterocycles. The molecule has 0 aliphatic heterocycles. The minimum absolute atomic E-state index is 0.207. The average molecular weight is 270 g/mol. The molecule has 0 radical (unpaired) electrons. The monoisotopic (exact) mass is 270 g/mol. The van der Waals surface area contributed by atoms with Gasteiger partial charge >= 0.3 is 0 Å². The van der Waals surface area contributed by atoms with E-state index < -0.39 is 0 Å². The number of carbonyl (C=O) groups excluding carboxylic acids is 1. The highest BCUT2D eigenvalue weighted by molar-refractivity contribution is 5.87. The van der Waals surface area contributed by atoms with Crippen LogP contribution in [0.25, 0.3) is 11.0 Å². The minimum Gasteiger partial charge on any atom is -0.328 e. The van der Waals surface area contributed by atoms with Gasteiger partial charge in [0.25, 0.3) is 0 Å². The van der Waals surface area contributed by atoms with E-state index in [2.05, 4.69) is 36.4 Å². The predicted molar refractivity (Wildman–Crippen MR) is 80.6 cm³/mol. The molecular weight excluding hydrogens is 248 g/mol. The van der Waals surface area contributed by atoms with Crippen LogP contribution < -0.4 is 0 Å². The Hall–Kier alpha value is -1.64. The highest BCUT2D eigenvalue weighted by atomic mass is 16.1. The maximum atomic E-state index is 12.4. The lowest BCUT2D eigenvalue weighted by Gasteiger charge is -2.08. The van der Waals surface area contributed by atoms with Crippen LogP contribution in [0.15, 0.2) is 24.3 Å². The molecule has 1 saturated carbocycles. The summed E-state index contributed by atoms with van der Waals surface area (Å²) in [4.78, 5) is 17.0. The normalized spacial score (nSPS) is 20.2. The maximum absolute atomic E-state index is 12.4.